The second-order valence-electron chi connectivity index (χ2n) is 4.53. The Bertz CT molecular complexity index is 734. The molecular formula is C15H14N2OS2. The summed E-state index contributed by atoms with van der Waals surface area (Å²) in [5.74, 6) is 0.579. The van der Waals surface area contributed by atoms with Crippen LogP contribution in [0.5, 0.6) is 0 Å². The van der Waals surface area contributed by atoms with Crippen molar-refractivity contribution in [1.82, 2.24) is 4.98 Å². The van der Waals surface area contributed by atoms with E-state index in [-0.39, 0.29) is 0 Å². The highest BCUT2D eigenvalue weighted by molar-refractivity contribution is 7.83. The van der Waals surface area contributed by atoms with Gasteiger partial charge < -0.3 is 5.32 Å². The summed E-state index contributed by atoms with van der Waals surface area (Å²) in [4.78, 5) is 4.55. The summed E-state index contributed by atoms with van der Waals surface area (Å²) in [5, 5.41) is 4.19. The number of rotatable bonds is 4. The summed E-state index contributed by atoms with van der Waals surface area (Å²) in [7, 11) is -0.824. The number of aromatic nitrogens is 1. The number of fused-ring (bicyclic) bond motifs is 1. The van der Waals surface area contributed by atoms with Gasteiger partial charge in [0.2, 0.25) is 0 Å². The molecule has 0 amide bonds. The zero-order chi connectivity index (χ0) is 13.9. The molecule has 0 fully saturated rings. The maximum atomic E-state index is 11.3. The normalized spacial score (nSPS) is 12.4. The van der Waals surface area contributed by atoms with Crippen molar-refractivity contribution in [2.45, 2.75) is 5.75 Å². The predicted octanol–water partition coefficient (Wildman–Crippen LogP) is 3.92. The lowest BCUT2D eigenvalue weighted by molar-refractivity contribution is 0.686. The van der Waals surface area contributed by atoms with Gasteiger partial charge in [-0.15, -0.1) is 0 Å². The Balaban J connectivity index is 1.85. The van der Waals surface area contributed by atoms with Crippen molar-refractivity contribution in [2.75, 3.05) is 11.6 Å². The van der Waals surface area contributed by atoms with Crippen molar-refractivity contribution in [3.8, 4) is 0 Å². The first-order valence-electron chi connectivity index (χ1n) is 6.22. The summed E-state index contributed by atoms with van der Waals surface area (Å²) >= 11 is 1.63. The van der Waals surface area contributed by atoms with Crippen LogP contribution in [0.4, 0.5) is 10.8 Å². The molecule has 1 unspecified atom stereocenters. The number of para-hydroxylation sites is 1. The van der Waals surface area contributed by atoms with E-state index in [4.69, 9.17) is 0 Å². The summed E-state index contributed by atoms with van der Waals surface area (Å²) in [5.41, 5.74) is 3.05. The standard InChI is InChI=1S/C15H14N2OS2/c1-20(18)10-11-5-4-6-12(9-11)16-15-17-13-7-2-3-8-14(13)19-15/h2-9H,10H2,1H3,(H,16,17). The van der Waals surface area contributed by atoms with Crippen LogP contribution in [-0.2, 0) is 16.6 Å². The van der Waals surface area contributed by atoms with Gasteiger partial charge in [-0.3, -0.25) is 4.21 Å². The zero-order valence-corrected chi connectivity index (χ0v) is 12.6. The fourth-order valence-electron chi connectivity index (χ4n) is 2.02. The number of nitrogens with zero attached hydrogens (tertiary/aromatic N) is 1. The molecule has 3 nitrogen and oxygen atoms in total. The summed E-state index contributed by atoms with van der Waals surface area (Å²) < 4.78 is 12.4. The van der Waals surface area contributed by atoms with Gasteiger partial charge in [0.05, 0.1) is 10.2 Å². The largest absolute Gasteiger partial charge is 0.332 e. The van der Waals surface area contributed by atoms with Crippen molar-refractivity contribution in [1.29, 1.82) is 0 Å². The van der Waals surface area contributed by atoms with Gasteiger partial charge in [-0.05, 0) is 29.8 Å². The van der Waals surface area contributed by atoms with E-state index in [0.717, 1.165) is 21.9 Å². The lowest BCUT2D eigenvalue weighted by Crippen LogP contribution is -1.94. The monoisotopic (exact) mass is 302 g/mol. The van der Waals surface area contributed by atoms with E-state index in [9.17, 15) is 4.21 Å². The van der Waals surface area contributed by atoms with Crippen molar-refractivity contribution in [3.63, 3.8) is 0 Å². The van der Waals surface area contributed by atoms with Crippen LogP contribution in [0.3, 0.4) is 0 Å². The van der Waals surface area contributed by atoms with Crippen LogP contribution < -0.4 is 5.32 Å². The average molecular weight is 302 g/mol. The summed E-state index contributed by atoms with van der Waals surface area (Å²) in [6, 6.07) is 16.1. The second kappa shape index (κ2) is 5.73. The molecule has 0 saturated carbocycles. The predicted molar refractivity (Wildman–Crippen MR) is 87.1 cm³/mol. The Morgan fingerprint density at radius 2 is 2.05 bits per heavy atom. The third-order valence-corrected chi connectivity index (χ3v) is 4.53. The molecule has 102 valence electrons. The Labute approximate surface area is 124 Å². The van der Waals surface area contributed by atoms with Crippen molar-refractivity contribution in [2.24, 2.45) is 0 Å². The first kappa shape index (κ1) is 13.3. The molecule has 0 bridgehead atoms. The molecule has 0 aliphatic heterocycles. The molecule has 5 heteroatoms. The van der Waals surface area contributed by atoms with E-state index in [1.54, 1.807) is 17.6 Å². The molecule has 0 aliphatic rings. The number of hydrogen-bond acceptors (Lipinski definition) is 4. The average Bonchev–Trinajstić information content (AvgIpc) is 2.80. The molecule has 3 aromatic rings. The van der Waals surface area contributed by atoms with Gasteiger partial charge in [0, 0.05) is 28.5 Å². The fraction of sp³-hybridized carbons (Fsp3) is 0.133. The van der Waals surface area contributed by atoms with Crippen LogP contribution in [0.1, 0.15) is 5.56 Å². The van der Waals surface area contributed by atoms with Gasteiger partial charge in [-0.1, -0.05) is 35.6 Å². The van der Waals surface area contributed by atoms with Crippen LogP contribution >= 0.6 is 11.3 Å². The molecule has 0 saturated heterocycles. The molecule has 20 heavy (non-hydrogen) atoms. The topological polar surface area (TPSA) is 42.0 Å². The molecule has 0 spiro atoms. The van der Waals surface area contributed by atoms with Gasteiger partial charge in [-0.2, -0.15) is 0 Å². The molecular weight excluding hydrogens is 288 g/mol. The molecule has 1 heterocycles. The van der Waals surface area contributed by atoms with Gasteiger partial charge in [-0.25, -0.2) is 4.98 Å². The minimum atomic E-state index is -0.824. The van der Waals surface area contributed by atoms with Crippen molar-refractivity contribution >= 4 is 43.2 Å². The van der Waals surface area contributed by atoms with Crippen LogP contribution in [-0.4, -0.2) is 15.4 Å². The number of hydrogen-bond donors (Lipinski definition) is 1. The third kappa shape index (κ3) is 3.05. The molecule has 0 radical (unpaired) electrons. The zero-order valence-electron chi connectivity index (χ0n) is 11.0. The van der Waals surface area contributed by atoms with Gasteiger partial charge in [0.1, 0.15) is 0 Å². The summed E-state index contributed by atoms with van der Waals surface area (Å²) in [6.45, 7) is 0. The van der Waals surface area contributed by atoms with E-state index < -0.39 is 10.8 Å². The van der Waals surface area contributed by atoms with Crippen LogP contribution in [0, 0.1) is 0 Å². The molecule has 1 N–H and O–H groups in total. The minimum Gasteiger partial charge on any atom is -0.332 e. The number of thiazole rings is 1. The van der Waals surface area contributed by atoms with Gasteiger partial charge in [0.25, 0.3) is 0 Å². The highest BCUT2D eigenvalue weighted by Crippen LogP contribution is 2.28. The third-order valence-electron chi connectivity index (χ3n) is 2.84. The Hall–Kier alpha value is -1.72. The van der Waals surface area contributed by atoms with E-state index in [0.29, 0.717) is 5.75 Å². The molecule has 3 rings (SSSR count). The highest BCUT2D eigenvalue weighted by atomic mass is 32.2. The summed E-state index contributed by atoms with van der Waals surface area (Å²) in [6.07, 6.45) is 1.72. The molecule has 0 aliphatic carbocycles. The second-order valence-corrected chi connectivity index (χ2v) is 7.00. The smallest absolute Gasteiger partial charge is 0.188 e. The lowest BCUT2D eigenvalue weighted by Gasteiger charge is -2.04. The van der Waals surface area contributed by atoms with E-state index in [2.05, 4.69) is 16.4 Å². The first-order valence-corrected chi connectivity index (χ1v) is 8.76. The van der Waals surface area contributed by atoms with Crippen molar-refractivity contribution < 1.29 is 4.21 Å². The first-order chi connectivity index (χ1) is 9.70. The van der Waals surface area contributed by atoms with E-state index in [1.807, 2.05) is 42.5 Å². The van der Waals surface area contributed by atoms with Gasteiger partial charge >= 0.3 is 0 Å². The SMILES string of the molecule is CS(=O)Cc1cccc(Nc2nc3ccccc3s2)c1. The number of nitrogens with one attached hydrogen (secondary N) is 1. The van der Waals surface area contributed by atoms with Crippen LogP contribution in [0.25, 0.3) is 10.2 Å². The van der Waals surface area contributed by atoms with Crippen molar-refractivity contribution in [3.05, 3.63) is 54.1 Å². The van der Waals surface area contributed by atoms with Gasteiger partial charge in [0.15, 0.2) is 5.13 Å². The quantitative estimate of drug-likeness (QED) is 0.794. The lowest BCUT2D eigenvalue weighted by atomic mass is 10.2. The molecule has 1 atom stereocenters. The number of anilines is 2. The molecule has 1 aromatic heterocycles. The number of benzene rings is 2. The van der Waals surface area contributed by atoms with Crippen LogP contribution in [0.2, 0.25) is 0 Å². The molecule has 2 aromatic carbocycles. The maximum Gasteiger partial charge on any atom is 0.188 e. The van der Waals surface area contributed by atoms with E-state index in [1.165, 1.54) is 4.70 Å². The van der Waals surface area contributed by atoms with Crippen LogP contribution in [0.15, 0.2) is 48.5 Å². The van der Waals surface area contributed by atoms with E-state index >= 15 is 0 Å². The Morgan fingerprint density at radius 1 is 1.20 bits per heavy atom. The maximum absolute atomic E-state index is 11.3. The Morgan fingerprint density at radius 3 is 2.85 bits per heavy atom. The fourth-order valence-corrected chi connectivity index (χ4v) is 3.56. The highest BCUT2D eigenvalue weighted by Gasteiger charge is 2.04. The Kier molecular flexibility index (Phi) is 3.80. The minimum absolute atomic E-state index is 0.579.